The van der Waals surface area contributed by atoms with Crippen molar-refractivity contribution in [2.24, 2.45) is 5.73 Å². The van der Waals surface area contributed by atoms with E-state index in [1.807, 2.05) is 0 Å². The average molecular weight is 288 g/mol. The summed E-state index contributed by atoms with van der Waals surface area (Å²) in [6.45, 7) is 0. The fourth-order valence-electron chi connectivity index (χ4n) is 1.38. The van der Waals surface area contributed by atoms with Crippen LogP contribution in [0, 0.1) is 0 Å². The molecule has 0 saturated heterocycles. The molecule has 4 N–H and O–H groups in total. The highest BCUT2D eigenvalue weighted by atomic mass is 35.5. The lowest BCUT2D eigenvalue weighted by atomic mass is 10.1. The van der Waals surface area contributed by atoms with Crippen molar-refractivity contribution in [2.75, 3.05) is 5.73 Å². The van der Waals surface area contributed by atoms with Gasteiger partial charge in [-0.25, -0.2) is 0 Å². The summed E-state index contributed by atoms with van der Waals surface area (Å²) in [6, 6.07) is 5.06. The third-order valence-electron chi connectivity index (χ3n) is 2.15. The Balaban J connectivity index is 2.66. The quantitative estimate of drug-likeness (QED) is 0.891. The highest BCUT2D eigenvalue weighted by molar-refractivity contribution is 7.09. The van der Waals surface area contributed by atoms with Gasteiger partial charge in [-0.1, -0.05) is 29.3 Å². The second-order valence-corrected chi connectivity index (χ2v) is 4.82. The van der Waals surface area contributed by atoms with Crippen LogP contribution >= 0.6 is 34.7 Å². The van der Waals surface area contributed by atoms with E-state index in [1.165, 1.54) is 0 Å². The lowest BCUT2D eigenvalue weighted by Crippen LogP contribution is -2.10. The monoisotopic (exact) mass is 287 g/mol. The normalized spacial score (nSPS) is 10.5. The van der Waals surface area contributed by atoms with E-state index in [0.29, 0.717) is 21.3 Å². The maximum atomic E-state index is 11.1. The van der Waals surface area contributed by atoms with E-state index in [-0.39, 0.29) is 10.6 Å². The van der Waals surface area contributed by atoms with Crippen LogP contribution < -0.4 is 11.5 Å². The summed E-state index contributed by atoms with van der Waals surface area (Å²) >= 11 is 13.0. The van der Waals surface area contributed by atoms with Crippen LogP contribution in [0.1, 0.15) is 9.67 Å². The maximum absolute atomic E-state index is 11.1. The second kappa shape index (κ2) is 4.52. The molecular formula is C10H7Cl2N3OS. The molecule has 0 aliphatic carbocycles. The molecule has 7 heteroatoms. The number of carbonyl (C=O) groups is 1. The van der Waals surface area contributed by atoms with Crippen LogP contribution in [-0.2, 0) is 0 Å². The minimum Gasteiger partial charge on any atom is -0.396 e. The van der Waals surface area contributed by atoms with Crippen molar-refractivity contribution in [3.63, 3.8) is 0 Å². The highest BCUT2D eigenvalue weighted by Crippen LogP contribution is 2.39. The van der Waals surface area contributed by atoms with Crippen molar-refractivity contribution >= 4 is 46.3 Å². The van der Waals surface area contributed by atoms with Gasteiger partial charge in [-0.05, 0) is 23.7 Å². The molecule has 0 unspecified atom stereocenters. The second-order valence-electron chi connectivity index (χ2n) is 3.23. The third-order valence-corrected chi connectivity index (χ3v) is 3.66. The molecule has 1 aromatic heterocycles. The highest BCUT2D eigenvalue weighted by Gasteiger charge is 2.19. The Morgan fingerprint density at radius 1 is 1.29 bits per heavy atom. The van der Waals surface area contributed by atoms with E-state index in [1.54, 1.807) is 18.2 Å². The Labute approximate surface area is 111 Å². The molecule has 1 aromatic carbocycles. The van der Waals surface area contributed by atoms with Crippen LogP contribution in [0.2, 0.25) is 10.0 Å². The lowest BCUT2D eigenvalue weighted by molar-refractivity contribution is 0.100. The van der Waals surface area contributed by atoms with Gasteiger partial charge >= 0.3 is 0 Å². The Hall–Kier alpha value is -1.30. The number of carbonyl (C=O) groups excluding carboxylic acids is 1. The molecule has 0 aliphatic rings. The first kappa shape index (κ1) is 12.2. The number of nitrogens with two attached hydrogens (primary N) is 2. The van der Waals surface area contributed by atoms with E-state index in [4.69, 9.17) is 34.7 Å². The van der Waals surface area contributed by atoms with Crippen molar-refractivity contribution in [1.82, 2.24) is 4.37 Å². The number of halogens is 2. The molecule has 17 heavy (non-hydrogen) atoms. The van der Waals surface area contributed by atoms with Crippen LogP contribution in [0.4, 0.5) is 5.69 Å². The number of rotatable bonds is 2. The molecule has 0 fully saturated rings. The van der Waals surface area contributed by atoms with Gasteiger partial charge in [0.1, 0.15) is 10.6 Å². The van der Waals surface area contributed by atoms with E-state index in [9.17, 15) is 4.79 Å². The molecule has 1 heterocycles. The summed E-state index contributed by atoms with van der Waals surface area (Å²) in [5.41, 5.74) is 12.1. The molecule has 1 amide bonds. The SMILES string of the molecule is NC(=O)c1snc(-c2c(Cl)cccc2Cl)c1N. The molecule has 4 nitrogen and oxygen atoms in total. The predicted octanol–water partition coefficient (Wildman–Crippen LogP) is 2.80. The Bertz CT molecular complexity index is 577. The summed E-state index contributed by atoms with van der Waals surface area (Å²) in [6.07, 6.45) is 0. The van der Waals surface area contributed by atoms with Crippen molar-refractivity contribution < 1.29 is 4.79 Å². The van der Waals surface area contributed by atoms with Crippen LogP contribution in [0.3, 0.4) is 0 Å². The lowest BCUT2D eigenvalue weighted by Gasteiger charge is -2.04. The summed E-state index contributed by atoms with van der Waals surface area (Å²) < 4.78 is 4.08. The van der Waals surface area contributed by atoms with Crippen molar-refractivity contribution in [2.45, 2.75) is 0 Å². The molecule has 2 rings (SSSR count). The molecule has 0 radical (unpaired) electrons. The van der Waals surface area contributed by atoms with Gasteiger partial charge in [0.2, 0.25) is 0 Å². The van der Waals surface area contributed by atoms with Gasteiger partial charge in [0.05, 0.1) is 15.7 Å². The number of amides is 1. The van der Waals surface area contributed by atoms with E-state index >= 15 is 0 Å². The maximum Gasteiger partial charge on any atom is 0.262 e. The summed E-state index contributed by atoms with van der Waals surface area (Å²) in [5.74, 6) is -0.616. The summed E-state index contributed by atoms with van der Waals surface area (Å²) in [7, 11) is 0. The van der Waals surface area contributed by atoms with Gasteiger partial charge in [-0.3, -0.25) is 4.79 Å². The number of primary amides is 1. The number of nitrogens with zero attached hydrogens (tertiary/aromatic N) is 1. The molecule has 0 bridgehead atoms. The van der Waals surface area contributed by atoms with Crippen LogP contribution in [0.15, 0.2) is 18.2 Å². The fourth-order valence-corrected chi connectivity index (χ4v) is 2.61. The fraction of sp³-hybridized carbons (Fsp3) is 0. The zero-order valence-electron chi connectivity index (χ0n) is 8.41. The first-order valence-electron chi connectivity index (χ1n) is 4.51. The minimum absolute atomic E-state index is 0.205. The van der Waals surface area contributed by atoms with Gasteiger partial charge in [-0.15, -0.1) is 0 Å². The van der Waals surface area contributed by atoms with Gasteiger partial charge in [-0.2, -0.15) is 4.37 Å². The first-order valence-corrected chi connectivity index (χ1v) is 6.04. The summed E-state index contributed by atoms with van der Waals surface area (Å²) in [4.78, 5) is 11.3. The molecule has 0 atom stereocenters. The zero-order chi connectivity index (χ0) is 12.6. The molecule has 0 aliphatic heterocycles. The minimum atomic E-state index is -0.616. The molecule has 88 valence electrons. The standard InChI is InChI=1S/C10H7Cl2N3OS/c11-4-2-1-3-5(12)6(4)8-7(13)9(10(14)16)17-15-8/h1-3H,13H2,(H2,14,16). The Morgan fingerprint density at radius 3 is 2.35 bits per heavy atom. The largest absolute Gasteiger partial charge is 0.396 e. The number of benzene rings is 1. The van der Waals surface area contributed by atoms with E-state index in [2.05, 4.69) is 4.37 Å². The van der Waals surface area contributed by atoms with Crippen molar-refractivity contribution in [3.05, 3.63) is 33.1 Å². The van der Waals surface area contributed by atoms with Crippen LogP contribution in [-0.4, -0.2) is 10.3 Å². The molecule has 0 spiro atoms. The number of hydrogen-bond acceptors (Lipinski definition) is 4. The van der Waals surface area contributed by atoms with Crippen LogP contribution in [0.5, 0.6) is 0 Å². The van der Waals surface area contributed by atoms with Crippen LogP contribution in [0.25, 0.3) is 11.3 Å². The van der Waals surface area contributed by atoms with Crippen molar-refractivity contribution in [1.29, 1.82) is 0 Å². The molecule has 2 aromatic rings. The Morgan fingerprint density at radius 2 is 1.88 bits per heavy atom. The van der Waals surface area contributed by atoms with Gasteiger partial charge < -0.3 is 11.5 Å². The average Bonchev–Trinajstić information content (AvgIpc) is 2.61. The summed E-state index contributed by atoms with van der Waals surface area (Å²) in [5, 5.41) is 0.844. The van der Waals surface area contributed by atoms with E-state index < -0.39 is 5.91 Å². The van der Waals surface area contributed by atoms with E-state index in [0.717, 1.165) is 11.5 Å². The topological polar surface area (TPSA) is 82.0 Å². The smallest absolute Gasteiger partial charge is 0.262 e. The van der Waals surface area contributed by atoms with Gasteiger partial charge in [0, 0.05) is 5.56 Å². The number of nitrogen functional groups attached to an aromatic ring is 1. The number of hydrogen-bond donors (Lipinski definition) is 2. The van der Waals surface area contributed by atoms with Gasteiger partial charge in [0.15, 0.2) is 0 Å². The molecular weight excluding hydrogens is 281 g/mol. The zero-order valence-corrected chi connectivity index (χ0v) is 10.7. The Kier molecular flexibility index (Phi) is 3.24. The predicted molar refractivity (Wildman–Crippen MR) is 70.5 cm³/mol. The number of anilines is 1. The third kappa shape index (κ3) is 2.09. The number of aromatic nitrogens is 1. The molecule has 0 saturated carbocycles. The first-order chi connectivity index (χ1) is 8.02. The van der Waals surface area contributed by atoms with Gasteiger partial charge in [0.25, 0.3) is 5.91 Å². The van der Waals surface area contributed by atoms with Crippen molar-refractivity contribution in [3.8, 4) is 11.3 Å².